The standard InChI is InChI=1S/C22H24FN5OS/c1-15-13-16(10-11-17(15)23)5-2-9-21(29)28-12-4-7-19(28)18-6-3-8-20(25-18)26-22-27-24-14-30-22/h3,6,8,10-11,13-14,19H,2,4-5,7,9,12H2,1H3,(H,25,26,27)/t19-/m0/s1. The third-order valence-corrected chi connectivity index (χ3v) is 5.97. The lowest BCUT2D eigenvalue weighted by Crippen LogP contribution is -2.30. The maximum absolute atomic E-state index is 13.4. The molecule has 8 heteroatoms. The van der Waals surface area contributed by atoms with Crippen LogP contribution in [0.5, 0.6) is 0 Å². The Bertz CT molecular complexity index is 1010. The van der Waals surface area contributed by atoms with Crippen LogP contribution in [0.4, 0.5) is 15.3 Å². The largest absolute Gasteiger partial charge is 0.334 e. The second-order valence-electron chi connectivity index (χ2n) is 7.50. The van der Waals surface area contributed by atoms with Crippen LogP contribution >= 0.6 is 11.3 Å². The number of carbonyl (C=O) groups is 1. The number of halogens is 1. The van der Waals surface area contributed by atoms with Crippen LogP contribution in [0.1, 0.15) is 48.5 Å². The number of rotatable bonds is 7. The number of hydrogen-bond acceptors (Lipinski definition) is 6. The molecule has 156 valence electrons. The Morgan fingerprint density at radius 2 is 2.23 bits per heavy atom. The molecule has 0 bridgehead atoms. The number of aryl methyl sites for hydroxylation is 2. The fourth-order valence-corrected chi connectivity index (χ4v) is 4.32. The van der Waals surface area contributed by atoms with Crippen molar-refractivity contribution in [1.29, 1.82) is 0 Å². The molecule has 1 aromatic carbocycles. The van der Waals surface area contributed by atoms with Crippen molar-refractivity contribution in [3.05, 3.63) is 64.5 Å². The van der Waals surface area contributed by atoms with Crippen LogP contribution in [0.2, 0.25) is 0 Å². The van der Waals surface area contributed by atoms with Gasteiger partial charge in [-0.25, -0.2) is 9.37 Å². The Balaban J connectivity index is 1.37. The number of nitrogens with one attached hydrogen (secondary N) is 1. The van der Waals surface area contributed by atoms with Crippen LogP contribution in [-0.2, 0) is 11.2 Å². The Kier molecular flexibility index (Phi) is 6.32. The summed E-state index contributed by atoms with van der Waals surface area (Å²) >= 11 is 1.41. The molecule has 0 aliphatic carbocycles. The van der Waals surface area contributed by atoms with E-state index in [1.54, 1.807) is 18.5 Å². The van der Waals surface area contributed by atoms with E-state index in [0.29, 0.717) is 22.9 Å². The second kappa shape index (κ2) is 9.30. The second-order valence-corrected chi connectivity index (χ2v) is 8.33. The van der Waals surface area contributed by atoms with Crippen molar-refractivity contribution in [3.8, 4) is 0 Å². The average molecular weight is 426 g/mol. The van der Waals surface area contributed by atoms with Gasteiger partial charge >= 0.3 is 0 Å². The lowest BCUT2D eigenvalue weighted by molar-refractivity contribution is -0.132. The molecule has 1 saturated heterocycles. The van der Waals surface area contributed by atoms with Gasteiger partial charge in [-0.15, -0.1) is 10.2 Å². The molecule has 1 amide bonds. The predicted molar refractivity (Wildman–Crippen MR) is 115 cm³/mol. The molecule has 1 aliphatic rings. The van der Waals surface area contributed by atoms with Gasteiger partial charge in [0.25, 0.3) is 0 Å². The highest BCUT2D eigenvalue weighted by atomic mass is 32.1. The normalized spacial score (nSPS) is 16.1. The van der Waals surface area contributed by atoms with E-state index >= 15 is 0 Å². The number of anilines is 2. The van der Waals surface area contributed by atoms with Crippen molar-refractivity contribution in [2.75, 3.05) is 11.9 Å². The molecule has 3 aromatic rings. The molecule has 0 saturated carbocycles. The summed E-state index contributed by atoms with van der Waals surface area (Å²) in [5, 5.41) is 11.6. The minimum Gasteiger partial charge on any atom is -0.334 e. The Hall–Kier alpha value is -2.87. The number of hydrogen-bond donors (Lipinski definition) is 1. The summed E-state index contributed by atoms with van der Waals surface area (Å²) in [6, 6.07) is 11.0. The molecular formula is C22H24FN5OS. The first-order chi connectivity index (χ1) is 14.6. The molecule has 0 radical (unpaired) electrons. The molecule has 1 N–H and O–H groups in total. The fourth-order valence-electron chi connectivity index (χ4n) is 3.87. The summed E-state index contributed by atoms with van der Waals surface area (Å²) < 4.78 is 13.4. The van der Waals surface area contributed by atoms with E-state index in [4.69, 9.17) is 4.98 Å². The van der Waals surface area contributed by atoms with Gasteiger partial charge in [0.15, 0.2) is 0 Å². The third kappa shape index (κ3) is 4.81. The van der Waals surface area contributed by atoms with E-state index in [0.717, 1.165) is 43.5 Å². The van der Waals surface area contributed by atoms with Crippen molar-refractivity contribution >= 4 is 28.2 Å². The van der Waals surface area contributed by atoms with Gasteiger partial charge in [0.05, 0.1) is 11.7 Å². The van der Waals surface area contributed by atoms with Crippen molar-refractivity contribution in [2.24, 2.45) is 0 Å². The zero-order valence-corrected chi connectivity index (χ0v) is 17.7. The predicted octanol–water partition coefficient (Wildman–Crippen LogP) is 4.81. The number of amides is 1. The lowest BCUT2D eigenvalue weighted by atomic mass is 10.0. The van der Waals surface area contributed by atoms with Gasteiger partial charge in [-0.1, -0.05) is 29.5 Å². The van der Waals surface area contributed by atoms with Crippen LogP contribution in [0.25, 0.3) is 0 Å². The summed E-state index contributed by atoms with van der Waals surface area (Å²) in [4.78, 5) is 19.5. The number of pyridine rings is 1. The van der Waals surface area contributed by atoms with Gasteiger partial charge in [-0.3, -0.25) is 4.79 Å². The van der Waals surface area contributed by atoms with Crippen LogP contribution in [0, 0.1) is 12.7 Å². The third-order valence-electron chi connectivity index (χ3n) is 5.36. The summed E-state index contributed by atoms with van der Waals surface area (Å²) in [5.74, 6) is 0.668. The fraction of sp³-hybridized carbons (Fsp3) is 0.364. The Labute approximate surface area is 179 Å². The quantitative estimate of drug-likeness (QED) is 0.588. The monoisotopic (exact) mass is 425 g/mol. The van der Waals surface area contributed by atoms with Gasteiger partial charge in [-0.05, 0) is 61.9 Å². The summed E-state index contributed by atoms with van der Waals surface area (Å²) in [6.45, 7) is 2.52. The molecule has 0 unspecified atom stereocenters. The number of benzene rings is 1. The molecule has 4 rings (SSSR count). The van der Waals surface area contributed by atoms with Crippen LogP contribution in [0.15, 0.2) is 41.9 Å². The molecule has 0 spiro atoms. The highest BCUT2D eigenvalue weighted by molar-refractivity contribution is 7.13. The van der Waals surface area contributed by atoms with E-state index in [-0.39, 0.29) is 17.8 Å². The van der Waals surface area contributed by atoms with Gasteiger partial charge in [-0.2, -0.15) is 0 Å². The van der Waals surface area contributed by atoms with Crippen molar-refractivity contribution in [1.82, 2.24) is 20.1 Å². The average Bonchev–Trinajstić information content (AvgIpc) is 3.43. The highest BCUT2D eigenvalue weighted by Gasteiger charge is 2.30. The van der Waals surface area contributed by atoms with E-state index in [2.05, 4.69) is 15.5 Å². The first-order valence-electron chi connectivity index (χ1n) is 10.1. The topological polar surface area (TPSA) is 71.0 Å². The number of likely N-dealkylation sites (tertiary alicyclic amines) is 1. The van der Waals surface area contributed by atoms with E-state index in [1.165, 1.54) is 17.4 Å². The summed E-state index contributed by atoms with van der Waals surface area (Å²) in [6.07, 6.45) is 3.89. The number of nitrogens with zero attached hydrogens (tertiary/aromatic N) is 4. The maximum atomic E-state index is 13.4. The molecule has 30 heavy (non-hydrogen) atoms. The highest BCUT2D eigenvalue weighted by Crippen LogP contribution is 2.32. The first kappa shape index (κ1) is 20.4. The summed E-state index contributed by atoms with van der Waals surface area (Å²) in [5.41, 5.74) is 4.27. The van der Waals surface area contributed by atoms with Crippen LogP contribution < -0.4 is 5.32 Å². The zero-order chi connectivity index (χ0) is 20.9. The van der Waals surface area contributed by atoms with Crippen molar-refractivity contribution < 1.29 is 9.18 Å². The Morgan fingerprint density at radius 1 is 1.33 bits per heavy atom. The van der Waals surface area contributed by atoms with Gasteiger partial charge in [0, 0.05) is 13.0 Å². The van der Waals surface area contributed by atoms with E-state index < -0.39 is 0 Å². The van der Waals surface area contributed by atoms with E-state index in [1.807, 2.05) is 29.2 Å². The van der Waals surface area contributed by atoms with Crippen molar-refractivity contribution in [2.45, 2.75) is 45.1 Å². The first-order valence-corrected chi connectivity index (χ1v) is 11.0. The van der Waals surface area contributed by atoms with Gasteiger partial charge in [0.1, 0.15) is 17.1 Å². The van der Waals surface area contributed by atoms with Gasteiger partial charge in [0.2, 0.25) is 11.0 Å². The lowest BCUT2D eigenvalue weighted by Gasteiger charge is -2.24. The molecule has 1 fully saturated rings. The number of carbonyl (C=O) groups excluding carboxylic acids is 1. The molecule has 1 atom stereocenters. The minimum atomic E-state index is -0.190. The molecule has 6 nitrogen and oxygen atoms in total. The molecule has 2 aromatic heterocycles. The molecular weight excluding hydrogens is 401 g/mol. The minimum absolute atomic E-state index is 0.00161. The molecule has 3 heterocycles. The van der Waals surface area contributed by atoms with Crippen LogP contribution in [0.3, 0.4) is 0 Å². The number of aromatic nitrogens is 3. The SMILES string of the molecule is Cc1cc(CCCC(=O)N2CCC[C@H]2c2cccc(Nc3nncs3)n2)ccc1F. The smallest absolute Gasteiger partial charge is 0.223 e. The van der Waals surface area contributed by atoms with E-state index in [9.17, 15) is 9.18 Å². The zero-order valence-electron chi connectivity index (χ0n) is 16.8. The van der Waals surface area contributed by atoms with Crippen LogP contribution in [-0.4, -0.2) is 32.5 Å². The van der Waals surface area contributed by atoms with Crippen molar-refractivity contribution in [3.63, 3.8) is 0 Å². The van der Waals surface area contributed by atoms with Gasteiger partial charge < -0.3 is 10.2 Å². The maximum Gasteiger partial charge on any atom is 0.223 e. The molecule has 1 aliphatic heterocycles. The summed E-state index contributed by atoms with van der Waals surface area (Å²) in [7, 11) is 0. The Morgan fingerprint density at radius 3 is 3.03 bits per heavy atom.